The van der Waals surface area contributed by atoms with Crippen molar-refractivity contribution in [2.45, 2.75) is 26.8 Å². The fraction of sp³-hybridized carbons (Fsp3) is 0.700. The molecule has 0 rings (SSSR count). The number of hydrogen-bond donors (Lipinski definition) is 3. The first-order valence-electron chi connectivity index (χ1n) is 5.30. The summed E-state index contributed by atoms with van der Waals surface area (Å²) in [7, 11) is 0. The summed E-state index contributed by atoms with van der Waals surface area (Å²) in [6.07, 6.45) is 0. The molecular weight excluding hydrogens is 226 g/mol. The maximum Gasteiger partial charge on any atom is 0.323 e. The lowest BCUT2D eigenvalue weighted by Crippen LogP contribution is -2.50. The van der Waals surface area contributed by atoms with Crippen molar-refractivity contribution in [3.8, 4) is 0 Å². The highest BCUT2D eigenvalue weighted by Crippen LogP contribution is 2.02. The number of carbonyl (C=O) groups is 3. The Morgan fingerprint density at radius 2 is 1.82 bits per heavy atom. The van der Waals surface area contributed by atoms with E-state index in [0.717, 1.165) is 0 Å². The van der Waals surface area contributed by atoms with Crippen LogP contribution in [0.25, 0.3) is 0 Å². The van der Waals surface area contributed by atoms with Crippen LogP contribution in [0.3, 0.4) is 0 Å². The van der Waals surface area contributed by atoms with Crippen LogP contribution >= 0.6 is 0 Å². The second kappa shape index (κ2) is 6.72. The summed E-state index contributed by atoms with van der Waals surface area (Å²) < 4.78 is 0. The normalized spacial score (nSPS) is 12.0. The number of nitrogens with one attached hydrogen (secondary N) is 1. The molecule has 4 N–H and O–H groups in total. The number of urea groups is 1. The molecule has 0 aliphatic rings. The number of carboxylic acids is 1. The Morgan fingerprint density at radius 3 is 2.18 bits per heavy atom. The van der Waals surface area contributed by atoms with Gasteiger partial charge < -0.3 is 21.1 Å². The van der Waals surface area contributed by atoms with E-state index in [1.54, 1.807) is 0 Å². The minimum absolute atomic E-state index is 0.138. The van der Waals surface area contributed by atoms with Gasteiger partial charge in [0.1, 0.15) is 12.6 Å². The molecule has 0 fully saturated rings. The fourth-order valence-electron chi connectivity index (χ4n) is 1.39. The standard InChI is InChI=1S/C10H19N3O4/c1-6(2)4-13(5-8(14)15)9(16)7(3)12-10(11)17/h6-7H,4-5H2,1-3H3,(H,14,15)(H3,11,12,17). The number of rotatable bonds is 6. The molecule has 0 aromatic rings. The highest BCUT2D eigenvalue weighted by atomic mass is 16.4. The monoisotopic (exact) mass is 245 g/mol. The van der Waals surface area contributed by atoms with Crippen LogP contribution in [0, 0.1) is 5.92 Å². The van der Waals surface area contributed by atoms with E-state index < -0.39 is 23.9 Å². The molecule has 0 aliphatic heterocycles. The Bertz CT molecular complexity index is 304. The molecule has 98 valence electrons. The molecule has 0 aliphatic carbocycles. The molecule has 0 saturated carbocycles. The Morgan fingerprint density at radius 1 is 1.29 bits per heavy atom. The van der Waals surface area contributed by atoms with E-state index in [1.807, 2.05) is 13.8 Å². The van der Waals surface area contributed by atoms with Crippen LogP contribution in [0.15, 0.2) is 0 Å². The minimum atomic E-state index is -1.09. The first-order chi connectivity index (χ1) is 7.73. The lowest BCUT2D eigenvalue weighted by atomic mass is 10.2. The van der Waals surface area contributed by atoms with Crippen LogP contribution in [0.1, 0.15) is 20.8 Å². The summed E-state index contributed by atoms with van der Waals surface area (Å²) in [4.78, 5) is 34.3. The lowest BCUT2D eigenvalue weighted by molar-refractivity contribution is -0.145. The van der Waals surface area contributed by atoms with Crippen molar-refractivity contribution in [2.24, 2.45) is 11.7 Å². The summed E-state index contributed by atoms with van der Waals surface area (Å²) in [5, 5.41) is 10.9. The van der Waals surface area contributed by atoms with Crippen LogP contribution < -0.4 is 11.1 Å². The number of amides is 3. The number of primary amides is 1. The van der Waals surface area contributed by atoms with Gasteiger partial charge in [0.15, 0.2) is 0 Å². The van der Waals surface area contributed by atoms with Gasteiger partial charge >= 0.3 is 12.0 Å². The van der Waals surface area contributed by atoms with E-state index in [-0.39, 0.29) is 12.5 Å². The number of carboxylic acid groups (broad SMARTS) is 1. The average molecular weight is 245 g/mol. The van der Waals surface area contributed by atoms with Crippen molar-refractivity contribution >= 4 is 17.9 Å². The molecule has 7 heteroatoms. The molecule has 1 atom stereocenters. The predicted octanol–water partition coefficient (Wildman–Crippen LogP) is -0.388. The lowest BCUT2D eigenvalue weighted by Gasteiger charge is -2.25. The molecule has 1 unspecified atom stereocenters. The maximum absolute atomic E-state index is 11.8. The second-order valence-electron chi connectivity index (χ2n) is 4.24. The van der Waals surface area contributed by atoms with Crippen molar-refractivity contribution in [1.29, 1.82) is 0 Å². The Kier molecular flexibility index (Phi) is 6.01. The van der Waals surface area contributed by atoms with Crippen LogP contribution in [0.5, 0.6) is 0 Å². The molecular formula is C10H19N3O4. The van der Waals surface area contributed by atoms with Gasteiger partial charge in [-0.15, -0.1) is 0 Å². The molecule has 0 bridgehead atoms. The Balaban J connectivity index is 4.60. The van der Waals surface area contributed by atoms with Gasteiger partial charge in [0.2, 0.25) is 5.91 Å². The van der Waals surface area contributed by atoms with E-state index in [1.165, 1.54) is 11.8 Å². The Hall–Kier alpha value is -1.79. The molecule has 0 aromatic heterocycles. The molecule has 0 saturated heterocycles. The van der Waals surface area contributed by atoms with E-state index in [2.05, 4.69) is 5.32 Å². The molecule has 0 heterocycles. The van der Waals surface area contributed by atoms with E-state index >= 15 is 0 Å². The van der Waals surface area contributed by atoms with Crippen molar-refractivity contribution < 1.29 is 19.5 Å². The summed E-state index contributed by atoms with van der Waals surface area (Å²) in [5.74, 6) is -1.41. The molecule has 0 radical (unpaired) electrons. The molecule has 7 nitrogen and oxygen atoms in total. The number of hydrogen-bond acceptors (Lipinski definition) is 3. The third-order valence-electron chi connectivity index (χ3n) is 1.95. The van der Waals surface area contributed by atoms with Crippen LogP contribution in [0.2, 0.25) is 0 Å². The minimum Gasteiger partial charge on any atom is -0.480 e. The number of nitrogens with zero attached hydrogens (tertiary/aromatic N) is 1. The zero-order valence-electron chi connectivity index (χ0n) is 10.3. The van der Waals surface area contributed by atoms with Gasteiger partial charge in [0.25, 0.3) is 0 Å². The summed E-state index contributed by atoms with van der Waals surface area (Å²) in [6, 6.07) is -1.64. The fourth-order valence-corrected chi connectivity index (χ4v) is 1.39. The van der Waals surface area contributed by atoms with Gasteiger partial charge in [-0.3, -0.25) is 9.59 Å². The van der Waals surface area contributed by atoms with Gasteiger partial charge in [-0.05, 0) is 12.8 Å². The zero-order valence-corrected chi connectivity index (χ0v) is 10.3. The molecule has 0 aromatic carbocycles. The largest absolute Gasteiger partial charge is 0.480 e. The summed E-state index contributed by atoms with van der Waals surface area (Å²) in [5.41, 5.74) is 4.90. The van der Waals surface area contributed by atoms with E-state index in [9.17, 15) is 14.4 Å². The first kappa shape index (κ1) is 15.2. The smallest absolute Gasteiger partial charge is 0.323 e. The second-order valence-corrected chi connectivity index (χ2v) is 4.24. The SMILES string of the molecule is CC(C)CN(CC(=O)O)C(=O)C(C)NC(N)=O. The molecule has 0 spiro atoms. The molecule has 17 heavy (non-hydrogen) atoms. The summed E-state index contributed by atoms with van der Waals surface area (Å²) >= 11 is 0. The van der Waals surface area contributed by atoms with Gasteiger partial charge in [-0.2, -0.15) is 0 Å². The van der Waals surface area contributed by atoms with Crippen LogP contribution in [-0.4, -0.2) is 47.0 Å². The zero-order chi connectivity index (χ0) is 13.6. The Labute approximate surface area is 100.0 Å². The quantitative estimate of drug-likeness (QED) is 0.591. The van der Waals surface area contributed by atoms with E-state index in [0.29, 0.717) is 6.54 Å². The highest BCUT2D eigenvalue weighted by Gasteiger charge is 2.23. The first-order valence-corrected chi connectivity index (χ1v) is 5.30. The van der Waals surface area contributed by atoms with Crippen molar-refractivity contribution in [1.82, 2.24) is 10.2 Å². The predicted molar refractivity (Wildman–Crippen MR) is 61.2 cm³/mol. The van der Waals surface area contributed by atoms with Gasteiger partial charge in [0, 0.05) is 6.54 Å². The van der Waals surface area contributed by atoms with Crippen LogP contribution in [-0.2, 0) is 9.59 Å². The maximum atomic E-state index is 11.8. The summed E-state index contributed by atoms with van der Waals surface area (Å²) in [6.45, 7) is 5.13. The van der Waals surface area contributed by atoms with Gasteiger partial charge in [-0.25, -0.2) is 4.79 Å². The van der Waals surface area contributed by atoms with Crippen molar-refractivity contribution in [3.05, 3.63) is 0 Å². The number of nitrogens with two attached hydrogens (primary N) is 1. The van der Waals surface area contributed by atoms with Crippen molar-refractivity contribution in [3.63, 3.8) is 0 Å². The van der Waals surface area contributed by atoms with E-state index in [4.69, 9.17) is 10.8 Å². The highest BCUT2D eigenvalue weighted by molar-refractivity contribution is 5.88. The number of aliphatic carboxylic acids is 1. The molecule has 3 amide bonds. The average Bonchev–Trinajstić information content (AvgIpc) is 2.12. The van der Waals surface area contributed by atoms with Gasteiger partial charge in [0.05, 0.1) is 0 Å². The van der Waals surface area contributed by atoms with Crippen molar-refractivity contribution in [2.75, 3.05) is 13.1 Å². The third-order valence-corrected chi connectivity index (χ3v) is 1.95. The van der Waals surface area contributed by atoms with Gasteiger partial charge in [-0.1, -0.05) is 13.8 Å². The topological polar surface area (TPSA) is 113 Å². The third kappa shape index (κ3) is 6.39. The number of carbonyl (C=O) groups excluding carboxylic acids is 2. The van der Waals surface area contributed by atoms with Crippen LogP contribution in [0.4, 0.5) is 4.79 Å².